The van der Waals surface area contributed by atoms with Gasteiger partial charge in [-0.15, -0.1) is 0 Å². The molecule has 0 radical (unpaired) electrons. The Bertz CT molecular complexity index is 565. The van der Waals surface area contributed by atoms with Gasteiger partial charge in [-0.1, -0.05) is 6.92 Å². The minimum Gasteiger partial charge on any atom is -0.481 e. The van der Waals surface area contributed by atoms with E-state index in [1.165, 1.54) is 0 Å². The maximum atomic E-state index is 11.7. The van der Waals surface area contributed by atoms with E-state index in [-0.39, 0.29) is 11.7 Å². The maximum Gasteiger partial charge on any atom is 0.308 e. The summed E-state index contributed by atoms with van der Waals surface area (Å²) >= 11 is 0. The summed E-state index contributed by atoms with van der Waals surface area (Å²) in [6.07, 6.45) is 0.629. The van der Waals surface area contributed by atoms with Gasteiger partial charge in [0.2, 0.25) is 0 Å². The number of aliphatic carboxylic acids is 1. The zero-order valence-corrected chi connectivity index (χ0v) is 11.6. The molecule has 1 saturated heterocycles. The average molecular weight is 283 g/mol. The molecular weight excluding hydrogens is 266 g/mol. The van der Waals surface area contributed by atoms with Crippen LogP contribution >= 0.6 is 0 Å². The molecule has 0 aliphatic carbocycles. The number of sulfone groups is 1. The molecule has 6 heteroatoms. The van der Waals surface area contributed by atoms with Gasteiger partial charge in [0.25, 0.3) is 0 Å². The number of hydrogen-bond donors (Lipinski definition) is 1. The highest BCUT2D eigenvalue weighted by atomic mass is 32.2. The Morgan fingerprint density at radius 1 is 1.37 bits per heavy atom. The highest BCUT2D eigenvalue weighted by Gasteiger charge is 2.28. The van der Waals surface area contributed by atoms with Gasteiger partial charge in [0, 0.05) is 18.8 Å². The van der Waals surface area contributed by atoms with Crippen LogP contribution in [0, 0.1) is 5.92 Å². The Morgan fingerprint density at radius 3 is 2.47 bits per heavy atom. The van der Waals surface area contributed by atoms with E-state index in [4.69, 9.17) is 5.11 Å². The first-order valence-corrected chi connectivity index (χ1v) is 7.90. The van der Waals surface area contributed by atoms with Crippen LogP contribution in [-0.2, 0) is 14.6 Å². The topological polar surface area (TPSA) is 74.7 Å². The first kappa shape index (κ1) is 13.9. The quantitative estimate of drug-likeness (QED) is 0.904. The van der Waals surface area contributed by atoms with E-state index >= 15 is 0 Å². The van der Waals surface area contributed by atoms with Crippen molar-refractivity contribution in [3.8, 4) is 0 Å². The Balaban J connectivity index is 2.14. The molecule has 1 aliphatic heterocycles. The number of rotatable bonds is 4. The molecule has 2 rings (SSSR count). The van der Waals surface area contributed by atoms with Crippen molar-refractivity contribution in [2.75, 3.05) is 23.7 Å². The van der Waals surface area contributed by atoms with Crippen LogP contribution in [0.5, 0.6) is 0 Å². The smallest absolute Gasteiger partial charge is 0.308 e. The van der Waals surface area contributed by atoms with Crippen molar-refractivity contribution in [1.82, 2.24) is 0 Å². The Labute approximate surface area is 112 Å². The van der Waals surface area contributed by atoms with E-state index in [0.717, 1.165) is 5.69 Å². The molecule has 0 aromatic heterocycles. The molecule has 0 amide bonds. The van der Waals surface area contributed by atoms with E-state index in [1.54, 1.807) is 31.2 Å². The number of carboxylic acids is 1. The van der Waals surface area contributed by atoms with Gasteiger partial charge in [-0.05, 0) is 30.7 Å². The van der Waals surface area contributed by atoms with E-state index in [0.29, 0.717) is 24.4 Å². The van der Waals surface area contributed by atoms with Gasteiger partial charge < -0.3 is 10.0 Å². The molecule has 1 fully saturated rings. The highest BCUT2D eigenvalue weighted by molar-refractivity contribution is 7.91. The number of carboxylic acid groups (broad SMARTS) is 1. The van der Waals surface area contributed by atoms with Crippen LogP contribution < -0.4 is 4.90 Å². The molecular formula is C13H17NO4S. The van der Waals surface area contributed by atoms with Gasteiger partial charge in [0.05, 0.1) is 16.6 Å². The van der Waals surface area contributed by atoms with Crippen LogP contribution in [0.2, 0.25) is 0 Å². The molecule has 0 bridgehead atoms. The van der Waals surface area contributed by atoms with E-state index < -0.39 is 15.8 Å². The molecule has 1 aliphatic rings. The molecule has 104 valence electrons. The molecule has 0 spiro atoms. The van der Waals surface area contributed by atoms with Crippen LogP contribution in [0.25, 0.3) is 0 Å². The third-order valence-corrected chi connectivity index (χ3v) is 5.23. The SMILES string of the molecule is CCS(=O)(=O)c1ccc(N2CCC(C(=O)O)C2)cc1. The molecule has 1 heterocycles. The van der Waals surface area contributed by atoms with Crippen molar-refractivity contribution in [3.63, 3.8) is 0 Å². The van der Waals surface area contributed by atoms with Crippen LogP contribution in [0.3, 0.4) is 0 Å². The predicted octanol–water partition coefficient (Wildman–Crippen LogP) is 1.39. The van der Waals surface area contributed by atoms with Crippen LogP contribution in [0.1, 0.15) is 13.3 Å². The fourth-order valence-electron chi connectivity index (χ4n) is 2.23. The lowest BCUT2D eigenvalue weighted by atomic mass is 10.1. The molecule has 5 nitrogen and oxygen atoms in total. The lowest BCUT2D eigenvalue weighted by Gasteiger charge is -2.18. The Kier molecular flexibility index (Phi) is 3.80. The maximum absolute atomic E-state index is 11.7. The summed E-state index contributed by atoms with van der Waals surface area (Å²) in [5.41, 5.74) is 0.874. The van der Waals surface area contributed by atoms with E-state index in [9.17, 15) is 13.2 Å². The normalized spacial score (nSPS) is 19.6. The Hall–Kier alpha value is -1.56. The monoisotopic (exact) mass is 283 g/mol. The summed E-state index contributed by atoms with van der Waals surface area (Å²) in [5.74, 6) is -1.02. The highest BCUT2D eigenvalue weighted by Crippen LogP contribution is 2.25. The van der Waals surface area contributed by atoms with Crippen molar-refractivity contribution in [2.24, 2.45) is 5.92 Å². The van der Waals surface area contributed by atoms with Crippen molar-refractivity contribution in [1.29, 1.82) is 0 Å². The predicted molar refractivity (Wildman–Crippen MR) is 72.1 cm³/mol. The van der Waals surface area contributed by atoms with Crippen LogP contribution in [0.15, 0.2) is 29.2 Å². The number of carbonyl (C=O) groups is 1. The van der Waals surface area contributed by atoms with Gasteiger partial charge in [0.15, 0.2) is 9.84 Å². The molecule has 1 atom stereocenters. The van der Waals surface area contributed by atoms with Crippen molar-refractivity contribution in [2.45, 2.75) is 18.2 Å². The zero-order chi connectivity index (χ0) is 14.0. The first-order valence-electron chi connectivity index (χ1n) is 6.24. The fraction of sp³-hybridized carbons (Fsp3) is 0.462. The standard InChI is InChI=1S/C13H17NO4S/c1-2-19(17,18)12-5-3-11(4-6-12)14-8-7-10(9-14)13(15)16/h3-6,10H,2,7-9H2,1H3,(H,15,16). The number of hydrogen-bond acceptors (Lipinski definition) is 4. The minimum atomic E-state index is -3.18. The minimum absolute atomic E-state index is 0.0805. The first-order chi connectivity index (χ1) is 8.94. The second kappa shape index (κ2) is 5.21. The second-order valence-electron chi connectivity index (χ2n) is 4.67. The molecule has 1 aromatic carbocycles. The third kappa shape index (κ3) is 2.89. The van der Waals surface area contributed by atoms with Crippen molar-refractivity contribution in [3.05, 3.63) is 24.3 Å². The summed E-state index contributed by atoms with van der Waals surface area (Å²) in [4.78, 5) is 13.2. The summed E-state index contributed by atoms with van der Waals surface area (Å²) in [5, 5.41) is 8.95. The van der Waals surface area contributed by atoms with Gasteiger partial charge in [-0.3, -0.25) is 4.79 Å². The lowest BCUT2D eigenvalue weighted by Crippen LogP contribution is -2.22. The number of benzene rings is 1. The average Bonchev–Trinajstić information content (AvgIpc) is 2.88. The lowest BCUT2D eigenvalue weighted by molar-refractivity contribution is -0.140. The van der Waals surface area contributed by atoms with E-state index in [1.807, 2.05) is 4.90 Å². The summed E-state index contributed by atoms with van der Waals surface area (Å²) < 4.78 is 23.4. The van der Waals surface area contributed by atoms with Crippen molar-refractivity contribution < 1.29 is 18.3 Å². The molecule has 1 unspecified atom stereocenters. The summed E-state index contributed by atoms with van der Waals surface area (Å²) in [6.45, 7) is 2.78. The van der Waals surface area contributed by atoms with Gasteiger partial charge in [-0.25, -0.2) is 8.42 Å². The molecule has 0 saturated carbocycles. The van der Waals surface area contributed by atoms with E-state index in [2.05, 4.69) is 0 Å². The van der Waals surface area contributed by atoms with Crippen LogP contribution in [0.4, 0.5) is 5.69 Å². The van der Waals surface area contributed by atoms with Gasteiger partial charge in [-0.2, -0.15) is 0 Å². The largest absolute Gasteiger partial charge is 0.481 e. The molecule has 1 N–H and O–H groups in total. The van der Waals surface area contributed by atoms with Gasteiger partial charge in [0.1, 0.15) is 0 Å². The molecule has 1 aromatic rings. The fourth-order valence-corrected chi connectivity index (χ4v) is 3.11. The van der Waals surface area contributed by atoms with Gasteiger partial charge >= 0.3 is 5.97 Å². The molecule has 19 heavy (non-hydrogen) atoms. The zero-order valence-electron chi connectivity index (χ0n) is 10.7. The number of anilines is 1. The third-order valence-electron chi connectivity index (χ3n) is 3.48. The summed E-state index contributed by atoms with van der Waals surface area (Å²) in [6, 6.07) is 6.66. The second-order valence-corrected chi connectivity index (χ2v) is 6.95. The summed E-state index contributed by atoms with van der Waals surface area (Å²) in [7, 11) is -3.18. The Morgan fingerprint density at radius 2 is 2.00 bits per heavy atom. The van der Waals surface area contributed by atoms with Crippen molar-refractivity contribution >= 4 is 21.5 Å². The number of nitrogens with zero attached hydrogens (tertiary/aromatic N) is 1. The van der Waals surface area contributed by atoms with Crippen LogP contribution in [-0.4, -0.2) is 38.3 Å².